The fourth-order valence-electron chi connectivity index (χ4n) is 17.1. The van der Waals surface area contributed by atoms with Crippen LogP contribution in [-0.2, 0) is 16.2 Å². The second-order valence-electron chi connectivity index (χ2n) is 26.5. The molecule has 1 N–H and O–H groups in total. The highest BCUT2D eigenvalue weighted by atomic mass is 15.4. The van der Waals surface area contributed by atoms with Crippen molar-refractivity contribution in [1.29, 1.82) is 0 Å². The van der Waals surface area contributed by atoms with Crippen LogP contribution in [0.4, 0.5) is 46.0 Å². The van der Waals surface area contributed by atoms with E-state index in [1.54, 1.807) is 0 Å². The molecule has 0 atom stereocenters. The fourth-order valence-corrected chi connectivity index (χ4v) is 17.1. The molecule has 0 unspecified atom stereocenters. The SMILES string of the molecule is c1ccc(-c2ccc(C3(c4nc5[n+]6c(nc(C7(c8ccc(N(c9ccccc9)c9ccccc9)cc8)c8ccccc8-c8ccccc87)nc6n4)NC(C4(c6ccc(N(c7ccccc7)c7ccccc7)cc6)c6ccccc6-c6ccccc64)=N5)c4ccccc4-c4ccccc43)cc2)cc1. The number of aliphatic imine (C=N–C) groups is 1. The van der Waals surface area contributed by atoms with E-state index in [0.717, 1.165) is 129 Å². The van der Waals surface area contributed by atoms with Gasteiger partial charge >= 0.3 is 17.7 Å². The summed E-state index contributed by atoms with van der Waals surface area (Å²) >= 11 is 0. The first-order valence-electron chi connectivity index (χ1n) is 34.7. The summed E-state index contributed by atoms with van der Waals surface area (Å²) in [7, 11) is 0. The minimum absolute atomic E-state index is 0.386. The molecule has 0 radical (unpaired) electrons. The van der Waals surface area contributed by atoms with Crippen molar-refractivity contribution < 1.29 is 4.40 Å². The van der Waals surface area contributed by atoms with Crippen molar-refractivity contribution in [3.8, 4) is 44.5 Å². The van der Waals surface area contributed by atoms with Gasteiger partial charge in [0.15, 0.2) is 5.84 Å². The largest absolute Gasteiger partial charge is 0.334 e. The summed E-state index contributed by atoms with van der Waals surface area (Å²) < 4.78 is 1.94. The number of nitrogens with one attached hydrogen (secondary N) is 1. The average molecular weight is 1310 g/mol. The first kappa shape index (κ1) is 58.6. The molecule has 9 heteroatoms. The van der Waals surface area contributed by atoms with Crippen molar-refractivity contribution in [1.82, 2.24) is 19.9 Å². The van der Waals surface area contributed by atoms with Crippen LogP contribution in [0.15, 0.2) is 375 Å². The molecule has 14 aromatic carbocycles. The molecule has 1 aliphatic heterocycles. The summed E-state index contributed by atoms with van der Waals surface area (Å²) in [5, 5.41) is 4.10. The standard InChI is InChI=1S/C93H61N9/c1-6-28-62(29-7-1)63-50-52-64(53-51-63)91(79-44-22-16-38-73(79)74-39-17-23-45-80(74)91)85-94-88-96-86(92(81-46-24-18-40-75(81)76-41-19-25-47-82(76)92)65-54-58-71(59-55-65)100(67-30-8-2-9-31-67)68-32-10-3-11-33-68)98-90-99-87(97-89(95-85)102(88)90)93(83-48-26-20-42-77(83)78-43-21-27-49-84(78)93)66-56-60-72(61-57-66)101(69-34-12-4-13-35-69)70-36-14-5-15-37-70/h1-61H/p+1. The second kappa shape index (κ2) is 23.3. The third-order valence-corrected chi connectivity index (χ3v) is 21.4. The lowest BCUT2D eigenvalue weighted by molar-refractivity contribution is -0.495. The molecule has 16 aromatic rings. The normalized spacial score (nSPS) is 14.1. The third kappa shape index (κ3) is 8.64. The molecule has 3 heterocycles. The third-order valence-electron chi connectivity index (χ3n) is 21.4. The van der Waals surface area contributed by atoms with Gasteiger partial charge in [-0.05, 0) is 167 Å². The van der Waals surface area contributed by atoms with Crippen LogP contribution in [0.3, 0.4) is 0 Å². The highest BCUT2D eigenvalue weighted by Gasteiger charge is 2.56. The van der Waals surface area contributed by atoms with Crippen LogP contribution in [0.2, 0.25) is 0 Å². The van der Waals surface area contributed by atoms with Gasteiger partial charge in [-0.1, -0.05) is 297 Å². The number of nitrogens with zero attached hydrogens (tertiary/aromatic N) is 8. The van der Waals surface area contributed by atoms with Crippen LogP contribution >= 0.6 is 0 Å². The van der Waals surface area contributed by atoms with E-state index in [2.05, 4.69) is 385 Å². The summed E-state index contributed by atoms with van der Waals surface area (Å²) in [4.78, 5) is 34.7. The van der Waals surface area contributed by atoms with Gasteiger partial charge in [0.25, 0.3) is 0 Å². The maximum absolute atomic E-state index is 6.05. The number of para-hydroxylation sites is 4. The minimum atomic E-state index is -1.11. The van der Waals surface area contributed by atoms with E-state index in [-0.39, 0.29) is 0 Å². The molecule has 4 aliphatic rings. The molecule has 20 rings (SSSR count). The van der Waals surface area contributed by atoms with Gasteiger partial charge in [0.2, 0.25) is 11.6 Å². The molecule has 102 heavy (non-hydrogen) atoms. The zero-order chi connectivity index (χ0) is 67.4. The molecule has 0 bridgehead atoms. The number of benzene rings is 14. The second-order valence-corrected chi connectivity index (χ2v) is 26.5. The van der Waals surface area contributed by atoms with Gasteiger partial charge in [-0.2, -0.15) is 4.40 Å². The molecule has 478 valence electrons. The van der Waals surface area contributed by atoms with E-state index in [1.807, 2.05) is 4.40 Å². The summed E-state index contributed by atoms with van der Waals surface area (Å²) in [5.74, 6) is 2.95. The Morgan fingerprint density at radius 2 is 0.520 bits per heavy atom. The lowest BCUT2D eigenvalue weighted by atomic mass is 9.71. The Labute approximate surface area is 591 Å². The first-order chi connectivity index (χ1) is 50.6. The van der Waals surface area contributed by atoms with Gasteiger partial charge in [-0.3, -0.25) is 5.32 Å². The average Bonchev–Trinajstić information content (AvgIpc) is 1.47. The monoisotopic (exact) mass is 1300 g/mol. The highest BCUT2D eigenvalue weighted by Crippen LogP contribution is 2.59. The molecular formula is C93H62N9+. The van der Waals surface area contributed by atoms with Crippen molar-refractivity contribution >= 4 is 57.6 Å². The Morgan fingerprint density at radius 3 is 0.882 bits per heavy atom. The number of amidine groups is 1. The van der Waals surface area contributed by atoms with Gasteiger partial charge in [0.05, 0.1) is 0 Å². The van der Waals surface area contributed by atoms with Gasteiger partial charge < -0.3 is 9.80 Å². The van der Waals surface area contributed by atoms with Crippen molar-refractivity contribution in [2.75, 3.05) is 15.1 Å². The van der Waals surface area contributed by atoms with Gasteiger partial charge in [0.1, 0.15) is 16.2 Å². The molecule has 0 amide bonds. The number of hydrogen-bond acceptors (Lipinski definition) is 8. The Bertz CT molecular complexity index is 5750. The maximum Gasteiger partial charge on any atom is 0.334 e. The van der Waals surface area contributed by atoms with E-state index in [9.17, 15) is 0 Å². The van der Waals surface area contributed by atoms with E-state index < -0.39 is 16.2 Å². The van der Waals surface area contributed by atoms with Gasteiger partial charge in [-0.25, -0.2) is 0 Å². The van der Waals surface area contributed by atoms with Gasteiger partial charge in [0, 0.05) is 34.1 Å². The highest BCUT2D eigenvalue weighted by molar-refractivity contribution is 6.13. The number of fused-ring (bicyclic) bond motifs is 9. The fraction of sp³-hybridized carbons (Fsp3) is 0.0323. The number of hydrogen-bond donors (Lipinski definition) is 1. The zero-order valence-electron chi connectivity index (χ0n) is 55.3. The van der Waals surface area contributed by atoms with Crippen molar-refractivity contribution in [3.63, 3.8) is 0 Å². The molecule has 0 saturated carbocycles. The molecule has 0 saturated heterocycles. The molecule has 0 spiro atoms. The summed E-state index contributed by atoms with van der Waals surface area (Å²) in [6.07, 6.45) is 0. The first-order valence-corrected chi connectivity index (χ1v) is 34.7. The minimum Gasteiger partial charge on any atom is -0.311 e. The van der Waals surface area contributed by atoms with Crippen LogP contribution in [0, 0.1) is 0 Å². The van der Waals surface area contributed by atoms with Crippen molar-refractivity contribution in [3.05, 3.63) is 432 Å². The summed E-state index contributed by atoms with van der Waals surface area (Å²) in [6, 6.07) is 133. The van der Waals surface area contributed by atoms with Crippen LogP contribution in [0.1, 0.15) is 61.7 Å². The molecule has 3 aliphatic carbocycles. The van der Waals surface area contributed by atoms with Crippen LogP contribution in [-0.4, -0.2) is 25.8 Å². The Hall–Kier alpha value is -13.5. The molecule has 9 nitrogen and oxygen atoms in total. The van der Waals surface area contributed by atoms with Gasteiger partial charge in [-0.15, -0.1) is 24.9 Å². The Balaban J connectivity index is 0.878. The van der Waals surface area contributed by atoms with E-state index in [4.69, 9.17) is 24.9 Å². The number of aromatic nitrogens is 5. The molecular weight excluding hydrogens is 1240 g/mol. The van der Waals surface area contributed by atoms with Crippen molar-refractivity contribution in [2.24, 2.45) is 4.99 Å². The predicted molar refractivity (Wildman–Crippen MR) is 409 cm³/mol. The maximum atomic E-state index is 6.05. The lowest BCUT2D eigenvalue weighted by Crippen LogP contribution is -2.48. The smallest absolute Gasteiger partial charge is 0.311 e. The van der Waals surface area contributed by atoms with Crippen LogP contribution in [0.25, 0.3) is 50.3 Å². The summed E-state index contributed by atoms with van der Waals surface area (Å²) in [5.41, 5.74) is 21.2. The van der Waals surface area contributed by atoms with Crippen LogP contribution in [0.5, 0.6) is 0 Å². The van der Waals surface area contributed by atoms with Crippen LogP contribution < -0.4 is 19.5 Å². The van der Waals surface area contributed by atoms with E-state index >= 15 is 0 Å². The quantitative estimate of drug-likeness (QED) is 0.115. The zero-order valence-corrected chi connectivity index (χ0v) is 55.3. The topological polar surface area (TPSA) is 86.5 Å². The number of rotatable bonds is 13. The number of anilines is 7. The summed E-state index contributed by atoms with van der Waals surface area (Å²) in [6.45, 7) is 0. The van der Waals surface area contributed by atoms with E-state index in [0.29, 0.717) is 35.2 Å². The predicted octanol–water partition coefficient (Wildman–Crippen LogP) is 20.8. The molecule has 2 aromatic heterocycles. The van der Waals surface area contributed by atoms with Crippen molar-refractivity contribution in [2.45, 2.75) is 16.2 Å². The van der Waals surface area contributed by atoms with E-state index in [1.165, 1.54) is 0 Å². The Morgan fingerprint density at radius 1 is 0.245 bits per heavy atom. The lowest BCUT2D eigenvalue weighted by Gasteiger charge is -2.35. The Kier molecular flexibility index (Phi) is 13.4. The molecule has 0 fully saturated rings.